The molecule has 2 atom stereocenters. The number of aliphatic hydroxyl groups excluding tert-OH is 1. The van der Waals surface area contributed by atoms with Crippen molar-refractivity contribution in [2.24, 2.45) is 5.92 Å². The minimum Gasteiger partial charge on any atom is -0.388 e. The van der Waals surface area contributed by atoms with Gasteiger partial charge in [0, 0.05) is 12.3 Å². The van der Waals surface area contributed by atoms with Crippen molar-refractivity contribution in [2.75, 3.05) is 0 Å². The van der Waals surface area contributed by atoms with Crippen molar-refractivity contribution < 1.29 is 9.90 Å². The van der Waals surface area contributed by atoms with Crippen LogP contribution in [0.15, 0.2) is 48.5 Å². The molecule has 3 rings (SSSR count). The summed E-state index contributed by atoms with van der Waals surface area (Å²) in [5.41, 5.74) is 3.48. The van der Waals surface area contributed by atoms with Crippen LogP contribution in [0.4, 0.5) is 0 Å². The van der Waals surface area contributed by atoms with Gasteiger partial charge in [0.25, 0.3) is 0 Å². The number of carbonyl (C=O) groups is 1. The van der Waals surface area contributed by atoms with Gasteiger partial charge in [-0.3, -0.25) is 4.79 Å². The quantitative estimate of drug-likeness (QED) is 0.939. The minimum atomic E-state index is -0.704. The predicted molar refractivity (Wildman–Crippen MR) is 83.9 cm³/mol. The van der Waals surface area contributed by atoms with Gasteiger partial charge in [0.05, 0.1) is 17.7 Å². The summed E-state index contributed by atoms with van der Waals surface area (Å²) in [6, 6.07) is 17.1. The van der Waals surface area contributed by atoms with Gasteiger partial charge in [-0.05, 0) is 41.7 Å². The summed E-state index contributed by atoms with van der Waals surface area (Å²) in [6.07, 6.45) is 1.54. The molecular weight excluding hydrogens is 274 g/mol. The number of rotatable bonds is 3. The van der Waals surface area contributed by atoms with Crippen molar-refractivity contribution in [3.8, 4) is 17.2 Å². The molecule has 0 radical (unpaired) electrons. The lowest BCUT2D eigenvalue weighted by atomic mass is 9.92. The Morgan fingerprint density at radius 1 is 1.05 bits per heavy atom. The highest BCUT2D eigenvalue weighted by atomic mass is 16.3. The van der Waals surface area contributed by atoms with Crippen LogP contribution in [0.2, 0.25) is 0 Å². The van der Waals surface area contributed by atoms with Crippen LogP contribution < -0.4 is 0 Å². The van der Waals surface area contributed by atoms with Gasteiger partial charge in [-0.1, -0.05) is 36.4 Å². The fourth-order valence-corrected chi connectivity index (χ4v) is 3.02. The summed E-state index contributed by atoms with van der Waals surface area (Å²) in [5.74, 6) is -0.0792. The number of carbonyl (C=O) groups excluding carboxylic acids is 1. The number of aliphatic hydroxyl groups is 1. The van der Waals surface area contributed by atoms with Crippen LogP contribution in [0.3, 0.4) is 0 Å². The fraction of sp³-hybridized carbons (Fsp3) is 0.263. The number of ketones is 1. The van der Waals surface area contributed by atoms with Crippen molar-refractivity contribution in [1.29, 1.82) is 5.26 Å². The molecule has 1 saturated carbocycles. The molecule has 22 heavy (non-hydrogen) atoms. The first kappa shape index (κ1) is 14.5. The molecule has 1 N–H and O–H groups in total. The Hall–Kier alpha value is -2.44. The van der Waals surface area contributed by atoms with Crippen molar-refractivity contribution in [3.63, 3.8) is 0 Å². The van der Waals surface area contributed by atoms with Crippen LogP contribution in [0.1, 0.15) is 36.5 Å². The maximum Gasteiger partial charge on any atom is 0.138 e. The molecule has 2 aromatic rings. The van der Waals surface area contributed by atoms with Gasteiger partial charge >= 0.3 is 0 Å². The van der Waals surface area contributed by atoms with Crippen molar-refractivity contribution in [3.05, 3.63) is 59.7 Å². The van der Waals surface area contributed by atoms with E-state index in [2.05, 4.69) is 6.07 Å². The normalized spacial score (nSPS) is 18.9. The number of hydrogen-bond acceptors (Lipinski definition) is 3. The zero-order valence-corrected chi connectivity index (χ0v) is 12.2. The number of benzene rings is 2. The Bertz CT molecular complexity index is 711. The summed E-state index contributed by atoms with van der Waals surface area (Å²) in [7, 11) is 0. The molecule has 0 bridgehead atoms. The second kappa shape index (κ2) is 6.13. The Labute approximate surface area is 129 Å². The van der Waals surface area contributed by atoms with Crippen molar-refractivity contribution in [1.82, 2.24) is 0 Å². The van der Waals surface area contributed by atoms with E-state index in [9.17, 15) is 9.90 Å². The van der Waals surface area contributed by atoms with E-state index < -0.39 is 6.10 Å². The van der Waals surface area contributed by atoms with E-state index >= 15 is 0 Å². The maximum absolute atomic E-state index is 11.8. The molecule has 0 amide bonds. The fourth-order valence-electron chi connectivity index (χ4n) is 3.02. The molecule has 1 fully saturated rings. The first-order valence-corrected chi connectivity index (χ1v) is 7.50. The molecule has 3 heteroatoms. The third kappa shape index (κ3) is 2.79. The standard InChI is InChI=1S/C19H17NO2/c20-12-13-4-6-14(7-5-13)15-8-10-16(11-9-15)19(22)17-2-1-3-18(17)21/h4-11,17,19,22H,1-3H2/t17-,19+/m1/s1. The van der Waals surface area contributed by atoms with E-state index in [0.717, 1.165) is 29.5 Å². The van der Waals surface area contributed by atoms with E-state index in [1.165, 1.54) is 0 Å². The highest BCUT2D eigenvalue weighted by molar-refractivity contribution is 5.83. The predicted octanol–water partition coefficient (Wildman–Crippen LogP) is 3.63. The molecule has 0 saturated heterocycles. The lowest BCUT2D eigenvalue weighted by molar-refractivity contribution is -0.123. The second-order valence-electron chi connectivity index (χ2n) is 5.72. The Morgan fingerprint density at radius 2 is 1.64 bits per heavy atom. The molecule has 0 heterocycles. The van der Waals surface area contributed by atoms with Crippen LogP contribution in [0, 0.1) is 17.2 Å². The second-order valence-corrected chi connectivity index (χ2v) is 5.72. The van der Waals surface area contributed by atoms with Gasteiger partial charge in [-0.2, -0.15) is 5.26 Å². The van der Waals surface area contributed by atoms with Crippen LogP contribution in [0.5, 0.6) is 0 Å². The molecule has 110 valence electrons. The van der Waals surface area contributed by atoms with Crippen molar-refractivity contribution in [2.45, 2.75) is 25.4 Å². The highest BCUT2D eigenvalue weighted by Gasteiger charge is 2.31. The van der Waals surface area contributed by atoms with E-state index in [4.69, 9.17) is 5.26 Å². The van der Waals surface area contributed by atoms with Gasteiger partial charge in [0.1, 0.15) is 5.78 Å². The minimum absolute atomic E-state index is 0.170. The van der Waals surface area contributed by atoms with Crippen molar-refractivity contribution >= 4 is 5.78 Å². The van der Waals surface area contributed by atoms with Gasteiger partial charge in [0.2, 0.25) is 0 Å². The molecular formula is C19H17NO2. The lowest BCUT2D eigenvalue weighted by Crippen LogP contribution is -2.16. The molecule has 1 aliphatic carbocycles. The number of Topliss-reactive ketones (excluding diaryl/α,β-unsaturated/α-hetero) is 1. The maximum atomic E-state index is 11.8. The molecule has 3 nitrogen and oxygen atoms in total. The molecule has 0 aromatic heterocycles. The Morgan fingerprint density at radius 3 is 2.14 bits per heavy atom. The molecule has 0 spiro atoms. The molecule has 2 aromatic carbocycles. The third-order valence-corrected chi connectivity index (χ3v) is 4.33. The third-order valence-electron chi connectivity index (χ3n) is 4.33. The van der Waals surface area contributed by atoms with Gasteiger partial charge < -0.3 is 5.11 Å². The average molecular weight is 291 g/mol. The first-order chi connectivity index (χ1) is 10.7. The highest BCUT2D eigenvalue weighted by Crippen LogP contribution is 2.33. The summed E-state index contributed by atoms with van der Waals surface area (Å²) in [6.45, 7) is 0. The van der Waals surface area contributed by atoms with Crippen LogP contribution in [-0.2, 0) is 4.79 Å². The number of hydrogen-bond donors (Lipinski definition) is 1. The van der Waals surface area contributed by atoms with E-state index in [1.54, 1.807) is 12.1 Å². The topological polar surface area (TPSA) is 61.1 Å². The zero-order valence-electron chi connectivity index (χ0n) is 12.2. The first-order valence-electron chi connectivity index (χ1n) is 7.50. The zero-order chi connectivity index (χ0) is 15.5. The van der Waals surface area contributed by atoms with E-state index in [1.807, 2.05) is 36.4 Å². The van der Waals surface area contributed by atoms with Crippen LogP contribution in [0.25, 0.3) is 11.1 Å². The smallest absolute Gasteiger partial charge is 0.138 e. The van der Waals surface area contributed by atoms with Crippen LogP contribution in [-0.4, -0.2) is 10.9 Å². The van der Waals surface area contributed by atoms with Gasteiger partial charge in [0.15, 0.2) is 0 Å². The summed E-state index contributed by atoms with van der Waals surface area (Å²) in [4.78, 5) is 11.8. The van der Waals surface area contributed by atoms with Crippen LogP contribution >= 0.6 is 0 Å². The molecule has 1 aliphatic rings. The van der Waals surface area contributed by atoms with Gasteiger partial charge in [-0.25, -0.2) is 0 Å². The Balaban J connectivity index is 1.80. The van der Waals surface area contributed by atoms with E-state index in [-0.39, 0.29) is 11.7 Å². The number of nitrogens with zero attached hydrogens (tertiary/aromatic N) is 1. The summed E-state index contributed by atoms with van der Waals surface area (Å²) < 4.78 is 0. The average Bonchev–Trinajstić information content (AvgIpc) is 3.00. The monoisotopic (exact) mass is 291 g/mol. The Kier molecular flexibility index (Phi) is 4.04. The van der Waals surface area contributed by atoms with Gasteiger partial charge in [-0.15, -0.1) is 0 Å². The SMILES string of the molecule is N#Cc1ccc(-c2ccc([C@H](O)[C@@H]3CCCC3=O)cc2)cc1. The number of nitriles is 1. The summed E-state index contributed by atoms with van der Waals surface area (Å²) in [5, 5.41) is 19.2. The van der Waals surface area contributed by atoms with E-state index in [0.29, 0.717) is 12.0 Å². The summed E-state index contributed by atoms with van der Waals surface area (Å²) >= 11 is 0. The molecule has 0 unspecified atom stereocenters. The molecule has 0 aliphatic heterocycles. The largest absolute Gasteiger partial charge is 0.388 e. The lowest BCUT2D eigenvalue weighted by Gasteiger charge is -2.17.